The van der Waals surface area contributed by atoms with Gasteiger partial charge in [0.25, 0.3) is 0 Å². The molecular formula is C32H31NOS. The first-order valence-electron chi connectivity index (χ1n) is 12.3. The highest BCUT2D eigenvalue weighted by Crippen LogP contribution is 2.46. The lowest BCUT2D eigenvalue weighted by atomic mass is 9.80. The predicted molar refractivity (Wildman–Crippen MR) is 154 cm³/mol. The minimum absolute atomic E-state index is 0.0628. The highest BCUT2D eigenvalue weighted by atomic mass is 32.1. The summed E-state index contributed by atoms with van der Waals surface area (Å²) >= 11 is 1.85. The maximum Gasteiger partial charge on any atom is 0.138 e. The summed E-state index contributed by atoms with van der Waals surface area (Å²) in [6.07, 6.45) is 0. The fourth-order valence-electron chi connectivity index (χ4n) is 4.92. The van der Waals surface area contributed by atoms with Gasteiger partial charge in [-0.3, -0.25) is 0 Å². The monoisotopic (exact) mass is 477 g/mol. The SMILES string of the molecule is CC(C)(C)c1cc(Nc2cc3oc4ccccc4c3c3c2sc2ccccc23)cc(C(C)(C)C)c1. The first kappa shape index (κ1) is 22.2. The van der Waals surface area contributed by atoms with E-state index in [0.29, 0.717) is 0 Å². The third kappa shape index (κ3) is 3.70. The van der Waals surface area contributed by atoms with Crippen molar-refractivity contribution < 1.29 is 4.42 Å². The molecule has 0 spiro atoms. The normalized spacial score (nSPS) is 12.9. The summed E-state index contributed by atoms with van der Waals surface area (Å²) < 4.78 is 8.94. The second kappa shape index (κ2) is 7.60. The van der Waals surface area contributed by atoms with Crippen LogP contribution in [0.2, 0.25) is 0 Å². The van der Waals surface area contributed by atoms with Crippen molar-refractivity contribution in [3.63, 3.8) is 0 Å². The number of furan rings is 1. The molecule has 2 heterocycles. The lowest BCUT2D eigenvalue weighted by molar-refractivity contribution is 0.569. The van der Waals surface area contributed by atoms with Gasteiger partial charge in [-0.2, -0.15) is 0 Å². The van der Waals surface area contributed by atoms with E-state index < -0.39 is 0 Å². The number of anilines is 2. The Morgan fingerprint density at radius 3 is 1.97 bits per heavy atom. The largest absolute Gasteiger partial charge is 0.456 e. The molecule has 0 atom stereocenters. The van der Waals surface area contributed by atoms with Crippen molar-refractivity contribution in [3.05, 3.63) is 83.9 Å². The number of para-hydroxylation sites is 1. The number of thiophene rings is 1. The maximum atomic E-state index is 6.38. The van der Waals surface area contributed by atoms with Crippen molar-refractivity contribution in [2.75, 3.05) is 5.32 Å². The Balaban J connectivity index is 1.64. The molecule has 0 bridgehead atoms. The average Bonchev–Trinajstić information content (AvgIpc) is 3.36. The van der Waals surface area contributed by atoms with E-state index in [4.69, 9.17) is 4.42 Å². The molecule has 35 heavy (non-hydrogen) atoms. The summed E-state index contributed by atoms with van der Waals surface area (Å²) in [5.74, 6) is 0. The van der Waals surface area contributed by atoms with Crippen molar-refractivity contribution >= 4 is 64.8 Å². The summed E-state index contributed by atoms with van der Waals surface area (Å²) in [5.41, 5.74) is 6.87. The van der Waals surface area contributed by atoms with Crippen LogP contribution in [0.1, 0.15) is 52.7 Å². The Hall–Kier alpha value is -3.30. The second-order valence-electron chi connectivity index (χ2n) is 11.6. The topological polar surface area (TPSA) is 25.2 Å². The molecular weight excluding hydrogens is 446 g/mol. The van der Waals surface area contributed by atoms with Gasteiger partial charge in [0.05, 0.1) is 10.4 Å². The summed E-state index contributed by atoms with van der Waals surface area (Å²) in [4.78, 5) is 0. The molecule has 0 fully saturated rings. The first-order chi connectivity index (χ1) is 16.6. The van der Waals surface area contributed by atoms with E-state index in [9.17, 15) is 0 Å². The smallest absolute Gasteiger partial charge is 0.138 e. The van der Waals surface area contributed by atoms with Crippen molar-refractivity contribution in [1.82, 2.24) is 0 Å². The van der Waals surface area contributed by atoms with Crippen LogP contribution in [0, 0.1) is 0 Å². The van der Waals surface area contributed by atoms with Gasteiger partial charge >= 0.3 is 0 Å². The summed E-state index contributed by atoms with van der Waals surface area (Å²) in [6, 6.07) is 26.2. The van der Waals surface area contributed by atoms with Gasteiger partial charge in [-0.15, -0.1) is 11.3 Å². The number of fused-ring (bicyclic) bond motifs is 7. The molecule has 176 valence electrons. The van der Waals surface area contributed by atoms with Gasteiger partial charge in [0.1, 0.15) is 11.2 Å². The Labute approximate surface area is 210 Å². The van der Waals surface area contributed by atoms with E-state index in [1.54, 1.807) is 0 Å². The van der Waals surface area contributed by atoms with Crippen LogP contribution in [-0.4, -0.2) is 0 Å². The van der Waals surface area contributed by atoms with E-state index >= 15 is 0 Å². The quantitative estimate of drug-likeness (QED) is 0.268. The number of hydrogen-bond donors (Lipinski definition) is 1. The van der Waals surface area contributed by atoms with Gasteiger partial charge in [-0.25, -0.2) is 0 Å². The molecule has 6 rings (SSSR count). The lowest BCUT2D eigenvalue weighted by Gasteiger charge is -2.26. The summed E-state index contributed by atoms with van der Waals surface area (Å²) in [5, 5.41) is 8.76. The zero-order valence-corrected chi connectivity index (χ0v) is 22.1. The van der Waals surface area contributed by atoms with Crippen molar-refractivity contribution in [2.24, 2.45) is 0 Å². The molecule has 3 heteroatoms. The van der Waals surface area contributed by atoms with Crippen molar-refractivity contribution in [3.8, 4) is 0 Å². The fourth-order valence-corrected chi connectivity index (χ4v) is 6.10. The van der Waals surface area contributed by atoms with Crippen molar-refractivity contribution in [2.45, 2.75) is 52.4 Å². The summed E-state index contributed by atoms with van der Waals surface area (Å²) in [6.45, 7) is 13.7. The third-order valence-electron chi connectivity index (χ3n) is 6.93. The van der Waals surface area contributed by atoms with Gasteiger partial charge in [-0.05, 0) is 46.2 Å². The molecule has 2 aromatic heterocycles. The van der Waals surface area contributed by atoms with E-state index in [-0.39, 0.29) is 10.8 Å². The van der Waals surface area contributed by atoms with E-state index in [1.165, 1.54) is 42.1 Å². The van der Waals surface area contributed by atoms with Crippen LogP contribution in [0.25, 0.3) is 42.1 Å². The van der Waals surface area contributed by atoms with E-state index in [0.717, 1.165) is 22.5 Å². The Morgan fingerprint density at radius 1 is 0.657 bits per heavy atom. The summed E-state index contributed by atoms with van der Waals surface area (Å²) in [7, 11) is 0. The highest BCUT2D eigenvalue weighted by molar-refractivity contribution is 7.26. The Morgan fingerprint density at radius 2 is 1.29 bits per heavy atom. The second-order valence-corrected chi connectivity index (χ2v) is 12.7. The van der Waals surface area contributed by atoms with Gasteiger partial charge in [-0.1, -0.05) is 84.0 Å². The third-order valence-corrected chi connectivity index (χ3v) is 8.14. The van der Waals surface area contributed by atoms with Gasteiger partial charge in [0, 0.05) is 38.0 Å². The number of rotatable bonds is 2. The maximum absolute atomic E-state index is 6.38. The van der Waals surface area contributed by atoms with E-state index in [1.807, 2.05) is 17.4 Å². The van der Waals surface area contributed by atoms with Crippen LogP contribution in [0.4, 0.5) is 11.4 Å². The molecule has 1 N–H and O–H groups in total. The van der Waals surface area contributed by atoms with Crippen LogP contribution in [0.3, 0.4) is 0 Å². The molecule has 0 amide bonds. The minimum Gasteiger partial charge on any atom is -0.456 e. The molecule has 0 aliphatic carbocycles. The van der Waals surface area contributed by atoms with Crippen LogP contribution < -0.4 is 5.32 Å². The zero-order chi connectivity index (χ0) is 24.5. The Kier molecular flexibility index (Phi) is 4.82. The highest BCUT2D eigenvalue weighted by Gasteiger charge is 2.22. The van der Waals surface area contributed by atoms with Crippen LogP contribution in [0.5, 0.6) is 0 Å². The van der Waals surface area contributed by atoms with Gasteiger partial charge < -0.3 is 9.73 Å². The zero-order valence-electron chi connectivity index (χ0n) is 21.2. The molecule has 4 aromatic carbocycles. The standard InChI is InChI=1S/C32H31NOS/c1-31(2,3)19-15-20(32(4,5)6)17-21(16-19)33-24-18-26-28(22-11-7-9-13-25(22)34-26)29-23-12-8-10-14-27(23)35-30(24)29/h7-18,33H,1-6H3. The number of benzene rings is 4. The predicted octanol–water partition coefficient (Wildman–Crippen LogP) is 10.3. The van der Waals surface area contributed by atoms with Crippen LogP contribution >= 0.6 is 11.3 Å². The van der Waals surface area contributed by atoms with E-state index in [2.05, 4.69) is 114 Å². The number of nitrogens with one attached hydrogen (secondary N) is 1. The molecule has 0 radical (unpaired) electrons. The molecule has 0 unspecified atom stereocenters. The molecule has 0 saturated heterocycles. The minimum atomic E-state index is 0.0628. The van der Waals surface area contributed by atoms with Gasteiger partial charge in [0.2, 0.25) is 0 Å². The number of hydrogen-bond acceptors (Lipinski definition) is 3. The van der Waals surface area contributed by atoms with Crippen molar-refractivity contribution in [1.29, 1.82) is 0 Å². The molecule has 0 aliphatic heterocycles. The van der Waals surface area contributed by atoms with Crippen LogP contribution in [0.15, 0.2) is 77.2 Å². The molecule has 0 aliphatic rings. The molecule has 0 saturated carbocycles. The first-order valence-corrected chi connectivity index (χ1v) is 13.1. The molecule has 2 nitrogen and oxygen atoms in total. The van der Waals surface area contributed by atoms with Crippen LogP contribution in [-0.2, 0) is 10.8 Å². The molecule has 6 aromatic rings. The Bertz CT molecular complexity index is 1710. The fraction of sp³-hybridized carbons (Fsp3) is 0.250. The van der Waals surface area contributed by atoms with Gasteiger partial charge in [0.15, 0.2) is 0 Å². The lowest BCUT2D eigenvalue weighted by Crippen LogP contribution is -2.16. The average molecular weight is 478 g/mol.